The molecule has 0 aliphatic carbocycles. The lowest BCUT2D eigenvalue weighted by Gasteiger charge is -2.01. The molecule has 1 aromatic carbocycles. The Morgan fingerprint density at radius 3 is 2.94 bits per heavy atom. The maximum Gasteiger partial charge on any atom is 0.223 e. The Balaban J connectivity index is 2.22. The molecule has 0 saturated heterocycles. The lowest BCUT2D eigenvalue weighted by molar-refractivity contribution is 0.394. The van der Waals surface area contributed by atoms with E-state index in [4.69, 9.17) is 10.3 Å². The molecule has 0 amide bonds. The summed E-state index contributed by atoms with van der Waals surface area (Å²) in [4.78, 5) is 4.20. The van der Waals surface area contributed by atoms with Crippen molar-refractivity contribution in [1.82, 2.24) is 10.1 Å². The Labute approximate surface area is 94.5 Å². The molecule has 0 unspecified atom stereocenters. The summed E-state index contributed by atoms with van der Waals surface area (Å²) in [6.45, 7) is 2.50. The molecule has 84 valence electrons. The molecule has 4 nitrogen and oxygen atoms in total. The van der Waals surface area contributed by atoms with Crippen LogP contribution in [0.3, 0.4) is 0 Å². The summed E-state index contributed by atoms with van der Waals surface area (Å²) >= 11 is 0. The van der Waals surface area contributed by atoms with Crippen LogP contribution in [0.15, 0.2) is 28.8 Å². The van der Waals surface area contributed by atoms with Crippen LogP contribution in [0.4, 0.5) is 0 Å². The zero-order valence-electron chi connectivity index (χ0n) is 9.31. The number of rotatable bonds is 4. The molecule has 4 heteroatoms. The maximum atomic E-state index is 5.49. The van der Waals surface area contributed by atoms with Gasteiger partial charge in [-0.2, -0.15) is 4.98 Å². The summed E-state index contributed by atoms with van der Waals surface area (Å²) in [5.41, 5.74) is 7.74. The fraction of sp³-hybridized carbons (Fsp3) is 0.333. The number of nitrogens with zero attached hydrogens (tertiary/aromatic N) is 2. The molecule has 2 aromatic rings. The summed E-state index contributed by atoms with van der Waals surface area (Å²) in [7, 11) is 0. The summed E-state index contributed by atoms with van der Waals surface area (Å²) in [6, 6.07) is 8.16. The Bertz CT molecular complexity index is 465. The Kier molecular flexibility index (Phi) is 3.31. The number of hydrogen-bond donors (Lipinski definition) is 1. The summed E-state index contributed by atoms with van der Waals surface area (Å²) in [5, 5.41) is 3.90. The molecule has 0 radical (unpaired) electrons. The van der Waals surface area contributed by atoms with E-state index < -0.39 is 0 Å². The molecular formula is C12H15N3O. The van der Waals surface area contributed by atoms with Gasteiger partial charge in [0.1, 0.15) is 0 Å². The highest BCUT2D eigenvalue weighted by Crippen LogP contribution is 2.17. The molecule has 0 bridgehead atoms. The SMILES string of the molecule is Cc1nc(-c2cccc(CCCN)c2)no1. The van der Waals surface area contributed by atoms with Crippen LogP contribution in [0, 0.1) is 6.92 Å². The van der Waals surface area contributed by atoms with Gasteiger partial charge in [-0.05, 0) is 31.0 Å². The van der Waals surface area contributed by atoms with Crippen molar-refractivity contribution >= 4 is 0 Å². The smallest absolute Gasteiger partial charge is 0.223 e. The average molecular weight is 217 g/mol. The van der Waals surface area contributed by atoms with E-state index in [9.17, 15) is 0 Å². The highest BCUT2D eigenvalue weighted by Gasteiger charge is 2.05. The number of nitrogens with two attached hydrogens (primary N) is 1. The van der Waals surface area contributed by atoms with Crippen LogP contribution < -0.4 is 5.73 Å². The van der Waals surface area contributed by atoms with E-state index in [1.54, 1.807) is 6.92 Å². The van der Waals surface area contributed by atoms with E-state index in [2.05, 4.69) is 22.3 Å². The topological polar surface area (TPSA) is 64.9 Å². The number of hydrogen-bond acceptors (Lipinski definition) is 4. The van der Waals surface area contributed by atoms with Crippen molar-refractivity contribution in [3.63, 3.8) is 0 Å². The predicted molar refractivity (Wildman–Crippen MR) is 61.8 cm³/mol. The molecule has 0 fully saturated rings. The lowest BCUT2D eigenvalue weighted by atomic mass is 10.1. The van der Waals surface area contributed by atoms with E-state index >= 15 is 0 Å². The first-order valence-corrected chi connectivity index (χ1v) is 5.39. The van der Waals surface area contributed by atoms with Gasteiger partial charge in [0, 0.05) is 12.5 Å². The van der Waals surface area contributed by atoms with Crippen LogP contribution in [0.1, 0.15) is 17.9 Å². The fourth-order valence-electron chi connectivity index (χ4n) is 1.59. The van der Waals surface area contributed by atoms with Crippen molar-refractivity contribution in [3.8, 4) is 11.4 Å². The van der Waals surface area contributed by atoms with Gasteiger partial charge in [0.2, 0.25) is 11.7 Å². The Morgan fingerprint density at radius 1 is 1.38 bits per heavy atom. The zero-order valence-corrected chi connectivity index (χ0v) is 9.31. The predicted octanol–water partition coefficient (Wildman–Crippen LogP) is 1.94. The van der Waals surface area contributed by atoms with Gasteiger partial charge < -0.3 is 10.3 Å². The minimum atomic E-state index is 0.586. The molecule has 16 heavy (non-hydrogen) atoms. The molecule has 0 aliphatic heterocycles. The number of aromatic nitrogens is 2. The quantitative estimate of drug-likeness (QED) is 0.849. The largest absolute Gasteiger partial charge is 0.339 e. The van der Waals surface area contributed by atoms with Crippen molar-refractivity contribution in [1.29, 1.82) is 0 Å². The molecule has 0 spiro atoms. The van der Waals surface area contributed by atoms with Crippen molar-refractivity contribution in [2.75, 3.05) is 6.54 Å². The van der Waals surface area contributed by atoms with Crippen LogP contribution in [-0.4, -0.2) is 16.7 Å². The summed E-state index contributed by atoms with van der Waals surface area (Å²) in [5.74, 6) is 1.23. The Hall–Kier alpha value is -1.68. The van der Waals surface area contributed by atoms with Gasteiger partial charge in [-0.3, -0.25) is 0 Å². The number of benzene rings is 1. The monoisotopic (exact) mass is 217 g/mol. The summed E-state index contributed by atoms with van der Waals surface area (Å²) < 4.78 is 4.96. The normalized spacial score (nSPS) is 10.6. The molecule has 0 saturated carbocycles. The standard InChI is InChI=1S/C12H15N3O/c1-9-14-12(15-16-9)11-6-2-4-10(8-11)5-3-7-13/h2,4,6,8H,3,5,7,13H2,1H3. The second-order valence-corrected chi connectivity index (χ2v) is 3.73. The fourth-order valence-corrected chi connectivity index (χ4v) is 1.59. The Morgan fingerprint density at radius 2 is 2.25 bits per heavy atom. The zero-order chi connectivity index (χ0) is 11.4. The minimum Gasteiger partial charge on any atom is -0.339 e. The third kappa shape index (κ3) is 2.46. The molecule has 2 N–H and O–H groups in total. The average Bonchev–Trinajstić information content (AvgIpc) is 2.74. The first kappa shape index (κ1) is 10.8. The van der Waals surface area contributed by atoms with Gasteiger partial charge in [0.25, 0.3) is 0 Å². The molecule has 2 rings (SSSR count). The van der Waals surface area contributed by atoms with Crippen molar-refractivity contribution < 1.29 is 4.52 Å². The molecule has 1 heterocycles. The van der Waals surface area contributed by atoms with Crippen LogP contribution in [0.2, 0.25) is 0 Å². The van der Waals surface area contributed by atoms with E-state index in [1.807, 2.05) is 12.1 Å². The van der Waals surface area contributed by atoms with E-state index in [0.717, 1.165) is 18.4 Å². The second kappa shape index (κ2) is 4.90. The van der Waals surface area contributed by atoms with Gasteiger partial charge in [-0.15, -0.1) is 0 Å². The van der Waals surface area contributed by atoms with Gasteiger partial charge >= 0.3 is 0 Å². The highest BCUT2D eigenvalue weighted by atomic mass is 16.5. The molecule has 0 aliphatic rings. The maximum absolute atomic E-state index is 5.49. The second-order valence-electron chi connectivity index (χ2n) is 3.73. The van der Waals surface area contributed by atoms with E-state index in [1.165, 1.54) is 5.56 Å². The van der Waals surface area contributed by atoms with Crippen LogP contribution >= 0.6 is 0 Å². The van der Waals surface area contributed by atoms with Gasteiger partial charge in [0.15, 0.2) is 0 Å². The third-order valence-electron chi connectivity index (χ3n) is 2.38. The van der Waals surface area contributed by atoms with Gasteiger partial charge in [-0.1, -0.05) is 23.4 Å². The summed E-state index contributed by atoms with van der Waals surface area (Å²) in [6.07, 6.45) is 1.98. The van der Waals surface area contributed by atoms with E-state index in [0.29, 0.717) is 18.3 Å². The minimum absolute atomic E-state index is 0.586. The highest BCUT2D eigenvalue weighted by molar-refractivity contribution is 5.55. The van der Waals surface area contributed by atoms with Gasteiger partial charge in [0.05, 0.1) is 0 Å². The number of aryl methyl sites for hydroxylation is 2. The molecule has 1 aromatic heterocycles. The van der Waals surface area contributed by atoms with Crippen molar-refractivity contribution in [2.45, 2.75) is 19.8 Å². The van der Waals surface area contributed by atoms with Crippen LogP contribution in [0.5, 0.6) is 0 Å². The molecule has 0 atom stereocenters. The molecular weight excluding hydrogens is 202 g/mol. The van der Waals surface area contributed by atoms with Gasteiger partial charge in [-0.25, -0.2) is 0 Å². The van der Waals surface area contributed by atoms with Crippen LogP contribution in [-0.2, 0) is 6.42 Å². The van der Waals surface area contributed by atoms with Crippen LogP contribution in [0.25, 0.3) is 11.4 Å². The van der Waals surface area contributed by atoms with E-state index in [-0.39, 0.29) is 0 Å². The van der Waals surface area contributed by atoms with Crippen molar-refractivity contribution in [3.05, 3.63) is 35.7 Å². The first-order chi connectivity index (χ1) is 7.79. The van der Waals surface area contributed by atoms with Crippen molar-refractivity contribution in [2.24, 2.45) is 5.73 Å². The third-order valence-corrected chi connectivity index (χ3v) is 2.38. The lowest BCUT2D eigenvalue weighted by Crippen LogP contribution is -2.00. The first-order valence-electron chi connectivity index (χ1n) is 5.39.